The Hall–Kier alpha value is -1.51. The van der Waals surface area contributed by atoms with Crippen LogP contribution < -0.4 is 5.76 Å². The van der Waals surface area contributed by atoms with E-state index in [1.807, 2.05) is 42.7 Å². The minimum Gasteiger partial charge on any atom is -0.408 e. The third kappa shape index (κ3) is 2.35. The first kappa shape index (κ1) is 12.9. The van der Waals surface area contributed by atoms with Gasteiger partial charge >= 0.3 is 5.76 Å². The fourth-order valence-corrected chi connectivity index (χ4v) is 2.67. The average Bonchev–Trinajstić information content (AvgIpc) is 2.78. The van der Waals surface area contributed by atoms with Gasteiger partial charge in [-0.3, -0.25) is 4.57 Å². The first-order chi connectivity index (χ1) is 8.86. The van der Waals surface area contributed by atoms with E-state index in [1.54, 1.807) is 0 Å². The van der Waals surface area contributed by atoms with Crippen LogP contribution in [0.15, 0.2) is 33.5 Å². The molecule has 0 unspecified atom stereocenters. The van der Waals surface area contributed by atoms with Gasteiger partial charge in [-0.25, -0.2) is 4.79 Å². The average molecular weight is 247 g/mol. The maximum atomic E-state index is 11.8. The van der Waals surface area contributed by atoms with Crippen molar-refractivity contribution in [3.63, 3.8) is 0 Å². The lowest BCUT2D eigenvalue weighted by molar-refractivity contribution is 0.336. The molecule has 1 fully saturated rings. The van der Waals surface area contributed by atoms with Gasteiger partial charge in [0, 0.05) is 6.04 Å². The van der Waals surface area contributed by atoms with E-state index in [9.17, 15) is 4.79 Å². The molecule has 0 N–H and O–H groups in total. The maximum Gasteiger partial charge on any atom is 0.420 e. The van der Waals surface area contributed by atoms with Gasteiger partial charge in [-0.05, 0) is 25.0 Å². The summed E-state index contributed by atoms with van der Waals surface area (Å²) < 4.78 is 7.10. The molecule has 0 spiro atoms. The molecule has 1 aromatic heterocycles. The summed E-state index contributed by atoms with van der Waals surface area (Å²) in [5, 5.41) is 0. The Balaban J connectivity index is 0.000000574. The Morgan fingerprint density at radius 3 is 2.50 bits per heavy atom. The Labute approximate surface area is 107 Å². The zero-order valence-electron chi connectivity index (χ0n) is 11.2. The fraction of sp³-hybridized carbons (Fsp3) is 0.533. The van der Waals surface area contributed by atoms with E-state index < -0.39 is 0 Å². The van der Waals surface area contributed by atoms with Crippen molar-refractivity contribution in [2.75, 3.05) is 0 Å². The number of aromatic nitrogens is 1. The lowest BCUT2D eigenvalue weighted by Gasteiger charge is -2.22. The smallest absolute Gasteiger partial charge is 0.408 e. The summed E-state index contributed by atoms with van der Waals surface area (Å²) in [6, 6.07) is 8.02. The highest BCUT2D eigenvalue weighted by molar-refractivity contribution is 5.72. The van der Waals surface area contributed by atoms with Crippen molar-refractivity contribution in [3.05, 3.63) is 34.8 Å². The predicted octanol–water partition coefficient (Wildman–Crippen LogP) is 4.13. The highest BCUT2D eigenvalue weighted by Gasteiger charge is 2.20. The molecule has 0 atom stereocenters. The molecule has 1 saturated carbocycles. The highest BCUT2D eigenvalue weighted by Crippen LogP contribution is 2.29. The molecule has 1 aliphatic rings. The van der Waals surface area contributed by atoms with Gasteiger partial charge in [0.15, 0.2) is 5.58 Å². The van der Waals surface area contributed by atoms with Gasteiger partial charge in [0.05, 0.1) is 5.52 Å². The third-order valence-corrected chi connectivity index (χ3v) is 3.46. The minimum absolute atomic E-state index is 0.201. The Morgan fingerprint density at radius 1 is 1.11 bits per heavy atom. The molecule has 1 aromatic carbocycles. The van der Waals surface area contributed by atoms with Crippen LogP contribution in [0.5, 0.6) is 0 Å². The van der Waals surface area contributed by atoms with Crippen molar-refractivity contribution < 1.29 is 4.42 Å². The van der Waals surface area contributed by atoms with E-state index in [-0.39, 0.29) is 5.76 Å². The lowest BCUT2D eigenvalue weighted by Crippen LogP contribution is -2.22. The van der Waals surface area contributed by atoms with Gasteiger partial charge in [-0.1, -0.05) is 45.2 Å². The number of fused-ring (bicyclic) bond motifs is 1. The molecule has 1 aliphatic carbocycles. The lowest BCUT2D eigenvalue weighted by atomic mass is 9.95. The van der Waals surface area contributed by atoms with Crippen molar-refractivity contribution in [1.29, 1.82) is 0 Å². The second-order valence-electron chi connectivity index (χ2n) is 4.50. The summed E-state index contributed by atoms with van der Waals surface area (Å²) in [6.45, 7) is 4.00. The van der Waals surface area contributed by atoms with Crippen molar-refractivity contribution in [2.24, 2.45) is 0 Å². The van der Waals surface area contributed by atoms with Crippen molar-refractivity contribution >= 4 is 11.1 Å². The first-order valence-electron chi connectivity index (χ1n) is 6.96. The summed E-state index contributed by atoms with van der Waals surface area (Å²) in [4.78, 5) is 11.8. The summed E-state index contributed by atoms with van der Waals surface area (Å²) in [7, 11) is 0. The van der Waals surface area contributed by atoms with Crippen LogP contribution in [-0.4, -0.2) is 4.57 Å². The van der Waals surface area contributed by atoms with Gasteiger partial charge in [0.25, 0.3) is 0 Å². The predicted molar refractivity (Wildman–Crippen MR) is 73.9 cm³/mol. The van der Waals surface area contributed by atoms with Gasteiger partial charge in [-0.15, -0.1) is 0 Å². The van der Waals surface area contributed by atoms with Crippen LogP contribution >= 0.6 is 0 Å². The molecule has 3 nitrogen and oxygen atoms in total. The second kappa shape index (κ2) is 5.89. The fourth-order valence-electron chi connectivity index (χ4n) is 2.67. The SMILES string of the molecule is CC.O=c1oc2ccccc2n1C1CCCCC1. The molecule has 3 rings (SSSR count). The molecular weight excluding hydrogens is 226 g/mol. The van der Waals surface area contributed by atoms with Crippen LogP contribution in [0.2, 0.25) is 0 Å². The molecule has 98 valence electrons. The molecule has 0 aliphatic heterocycles. The number of benzene rings is 1. The van der Waals surface area contributed by atoms with Gasteiger partial charge in [0.2, 0.25) is 0 Å². The van der Waals surface area contributed by atoms with Crippen molar-refractivity contribution in [3.8, 4) is 0 Å². The molecule has 0 amide bonds. The number of para-hydroxylation sites is 2. The van der Waals surface area contributed by atoms with E-state index in [0.717, 1.165) is 18.4 Å². The van der Waals surface area contributed by atoms with E-state index in [0.29, 0.717) is 11.6 Å². The first-order valence-corrected chi connectivity index (χ1v) is 6.96. The standard InChI is InChI=1S/C13H15NO2.C2H6/c15-13-14(10-6-2-1-3-7-10)11-8-4-5-9-12(11)16-13;1-2/h4-5,8-10H,1-3,6-7H2;1-2H3. The Morgan fingerprint density at radius 2 is 1.78 bits per heavy atom. The molecular formula is C15H21NO2. The van der Waals surface area contributed by atoms with Gasteiger partial charge < -0.3 is 4.42 Å². The normalized spacial score (nSPS) is 16.3. The largest absolute Gasteiger partial charge is 0.420 e. The van der Waals surface area contributed by atoms with Crippen LogP contribution in [0.25, 0.3) is 11.1 Å². The van der Waals surface area contributed by atoms with E-state index in [1.165, 1.54) is 19.3 Å². The summed E-state index contributed by atoms with van der Waals surface area (Å²) in [6.07, 6.45) is 5.93. The molecule has 0 bridgehead atoms. The Kier molecular flexibility index (Phi) is 4.24. The Bertz CT molecular complexity index is 547. The van der Waals surface area contributed by atoms with Crippen LogP contribution in [0.1, 0.15) is 52.0 Å². The number of nitrogens with zero attached hydrogens (tertiary/aromatic N) is 1. The van der Waals surface area contributed by atoms with Crippen LogP contribution in [-0.2, 0) is 0 Å². The summed E-state index contributed by atoms with van der Waals surface area (Å²) >= 11 is 0. The van der Waals surface area contributed by atoms with Gasteiger partial charge in [0.1, 0.15) is 0 Å². The van der Waals surface area contributed by atoms with E-state index in [4.69, 9.17) is 4.42 Å². The highest BCUT2D eigenvalue weighted by atomic mass is 16.4. The number of hydrogen-bond donors (Lipinski definition) is 0. The number of hydrogen-bond acceptors (Lipinski definition) is 2. The molecule has 0 saturated heterocycles. The molecule has 18 heavy (non-hydrogen) atoms. The monoisotopic (exact) mass is 247 g/mol. The molecule has 3 heteroatoms. The van der Waals surface area contributed by atoms with Crippen LogP contribution in [0.3, 0.4) is 0 Å². The minimum atomic E-state index is -0.201. The topological polar surface area (TPSA) is 35.1 Å². The summed E-state index contributed by atoms with van der Waals surface area (Å²) in [5.74, 6) is -0.201. The molecule has 0 radical (unpaired) electrons. The van der Waals surface area contributed by atoms with Crippen molar-refractivity contribution in [2.45, 2.75) is 52.0 Å². The molecule has 1 heterocycles. The quantitative estimate of drug-likeness (QED) is 0.759. The van der Waals surface area contributed by atoms with Gasteiger partial charge in [-0.2, -0.15) is 0 Å². The third-order valence-electron chi connectivity index (χ3n) is 3.46. The van der Waals surface area contributed by atoms with E-state index >= 15 is 0 Å². The van der Waals surface area contributed by atoms with Crippen molar-refractivity contribution in [1.82, 2.24) is 4.57 Å². The summed E-state index contributed by atoms with van der Waals surface area (Å²) in [5.41, 5.74) is 1.65. The second-order valence-corrected chi connectivity index (χ2v) is 4.50. The zero-order valence-corrected chi connectivity index (χ0v) is 11.2. The number of rotatable bonds is 1. The zero-order chi connectivity index (χ0) is 13.0. The number of oxazole rings is 1. The van der Waals surface area contributed by atoms with Crippen LogP contribution in [0, 0.1) is 0 Å². The van der Waals surface area contributed by atoms with Crippen LogP contribution in [0.4, 0.5) is 0 Å². The maximum absolute atomic E-state index is 11.8. The van der Waals surface area contributed by atoms with E-state index in [2.05, 4.69) is 0 Å². The molecule has 2 aromatic rings.